The summed E-state index contributed by atoms with van der Waals surface area (Å²) in [6.07, 6.45) is 2.23. The summed E-state index contributed by atoms with van der Waals surface area (Å²) >= 11 is 0. The van der Waals surface area contributed by atoms with Gasteiger partial charge in [0, 0.05) is 11.6 Å². The van der Waals surface area contributed by atoms with Crippen molar-refractivity contribution in [2.45, 2.75) is 19.6 Å². The Bertz CT molecular complexity index is 697. The van der Waals surface area contributed by atoms with Gasteiger partial charge in [0.25, 0.3) is 0 Å². The predicted molar refractivity (Wildman–Crippen MR) is 99.7 cm³/mol. The van der Waals surface area contributed by atoms with Gasteiger partial charge in [-0.1, -0.05) is 48.5 Å². The molecular weight excluding hydrogens is 332 g/mol. The molecule has 0 aromatic heterocycles. The van der Waals surface area contributed by atoms with Crippen LogP contribution in [0.3, 0.4) is 0 Å². The van der Waals surface area contributed by atoms with Crippen LogP contribution in [0.5, 0.6) is 5.75 Å². The average Bonchev–Trinajstić information content (AvgIpc) is 2.66. The third-order valence-electron chi connectivity index (χ3n) is 3.46. The lowest BCUT2D eigenvalue weighted by atomic mass is 10.2. The summed E-state index contributed by atoms with van der Waals surface area (Å²) in [7, 11) is 0. The number of aliphatic hydroxyl groups is 1. The molecule has 0 aliphatic carbocycles. The molecule has 0 aliphatic rings. The molecule has 0 spiro atoms. The molecule has 0 saturated heterocycles. The van der Waals surface area contributed by atoms with Gasteiger partial charge in [-0.15, -0.1) is 0 Å². The minimum absolute atomic E-state index is 0.0963. The number of hydrogen-bond donors (Lipinski definition) is 1. The maximum Gasteiger partial charge on any atom is 0.330 e. The van der Waals surface area contributed by atoms with Crippen molar-refractivity contribution in [2.24, 2.45) is 0 Å². The van der Waals surface area contributed by atoms with E-state index in [1.54, 1.807) is 19.1 Å². The fourth-order valence-corrected chi connectivity index (χ4v) is 2.22. The second-order valence-electron chi connectivity index (χ2n) is 5.59. The number of rotatable bonds is 10. The molecule has 2 aromatic carbocycles. The lowest BCUT2D eigenvalue weighted by molar-refractivity contribution is -0.137. The van der Waals surface area contributed by atoms with E-state index in [4.69, 9.17) is 14.2 Å². The van der Waals surface area contributed by atoms with Crippen molar-refractivity contribution in [3.8, 4) is 5.75 Å². The summed E-state index contributed by atoms with van der Waals surface area (Å²) < 4.78 is 16.0. The van der Waals surface area contributed by atoms with Gasteiger partial charge in [-0.05, 0) is 24.6 Å². The maximum absolute atomic E-state index is 11.4. The molecule has 1 N–H and O–H groups in total. The van der Waals surface area contributed by atoms with Gasteiger partial charge < -0.3 is 19.3 Å². The standard InChI is InChI=1S/C21H24O5/c1-2-25-21(23)13-12-18-10-6-7-11-20(18)26-16-19(22)15-24-14-17-8-4-3-5-9-17/h3-13,19,22H,2,14-16H2,1H3/b13-12+. The summed E-state index contributed by atoms with van der Waals surface area (Å²) in [4.78, 5) is 11.4. The van der Waals surface area contributed by atoms with Crippen LogP contribution in [0.15, 0.2) is 60.7 Å². The predicted octanol–water partition coefficient (Wildman–Crippen LogP) is 3.22. The zero-order valence-corrected chi connectivity index (χ0v) is 14.8. The number of carbonyl (C=O) groups excluding carboxylic acids is 1. The van der Waals surface area contributed by atoms with Crippen molar-refractivity contribution in [3.63, 3.8) is 0 Å². The summed E-state index contributed by atoms with van der Waals surface area (Å²) in [5.74, 6) is 0.173. The van der Waals surface area contributed by atoms with Crippen molar-refractivity contribution in [1.82, 2.24) is 0 Å². The molecule has 2 aromatic rings. The van der Waals surface area contributed by atoms with Crippen LogP contribution >= 0.6 is 0 Å². The Labute approximate surface area is 153 Å². The lowest BCUT2D eigenvalue weighted by Gasteiger charge is -2.14. The van der Waals surface area contributed by atoms with Crippen molar-refractivity contribution >= 4 is 12.0 Å². The quantitative estimate of drug-likeness (QED) is 0.523. The van der Waals surface area contributed by atoms with E-state index in [0.717, 1.165) is 11.1 Å². The van der Waals surface area contributed by atoms with Crippen LogP contribution in [-0.2, 0) is 20.9 Å². The second-order valence-corrected chi connectivity index (χ2v) is 5.59. The number of ether oxygens (including phenoxy) is 3. The highest BCUT2D eigenvalue weighted by Crippen LogP contribution is 2.19. The minimum atomic E-state index is -0.749. The molecule has 0 heterocycles. The third kappa shape index (κ3) is 7.09. The molecule has 5 nitrogen and oxygen atoms in total. The summed E-state index contributed by atoms with van der Waals surface area (Å²) in [6, 6.07) is 17.0. The SMILES string of the molecule is CCOC(=O)/C=C/c1ccccc1OCC(O)COCc1ccccc1. The number of para-hydroxylation sites is 1. The first-order valence-corrected chi connectivity index (χ1v) is 8.55. The van der Waals surface area contributed by atoms with E-state index in [0.29, 0.717) is 19.0 Å². The van der Waals surface area contributed by atoms with E-state index in [1.165, 1.54) is 6.08 Å². The molecule has 5 heteroatoms. The van der Waals surface area contributed by atoms with E-state index in [9.17, 15) is 9.90 Å². The first-order chi connectivity index (χ1) is 12.7. The Kier molecular flexibility index (Phi) is 8.39. The first-order valence-electron chi connectivity index (χ1n) is 8.55. The van der Waals surface area contributed by atoms with Crippen LogP contribution in [-0.4, -0.2) is 37.0 Å². The zero-order chi connectivity index (χ0) is 18.6. The van der Waals surface area contributed by atoms with Crippen LogP contribution in [0, 0.1) is 0 Å². The Morgan fingerprint density at radius 2 is 1.81 bits per heavy atom. The van der Waals surface area contributed by atoms with Gasteiger partial charge in [-0.2, -0.15) is 0 Å². The van der Waals surface area contributed by atoms with Crippen LogP contribution in [0.4, 0.5) is 0 Å². The van der Waals surface area contributed by atoms with Gasteiger partial charge in [-0.25, -0.2) is 4.79 Å². The Balaban J connectivity index is 1.80. The summed E-state index contributed by atoms with van der Waals surface area (Å²) in [5.41, 5.74) is 1.79. The maximum atomic E-state index is 11.4. The molecule has 26 heavy (non-hydrogen) atoms. The molecule has 2 rings (SSSR count). The second kappa shape index (κ2) is 11.1. The Morgan fingerprint density at radius 3 is 2.58 bits per heavy atom. The zero-order valence-electron chi connectivity index (χ0n) is 14.8. The van der Waals surface area contributed by atoms with Crippen molar-refractivity contribution in [2.75, 3.05) is 19.8 Å². The molecular formula is C21H24O5. The monoisotopic (exact) mass is 356 g/mol. The number of carbonyl (C=O) groups is 1. The van der Waals surface area contributed by atoms with Gasteiger partial charge in [0.15, 0.2) is 0 Å². The van der Waals surface area contributed by atoms with E-state index >= 15 is 0 Å². The van der Waals surface area contributed by atoms with E-state index in [2.05, 4.69) is 0 Å². The highest BCUT2D eigenvalue weighted by atomic mass is 16.5. The fraction of sp³-hybridized carbons (Fsp3) is 0.286. The van der Waals surface area contributed by atoms with Crippen LogP contribution in [0.1, 0.15) is 18.1 Å². The molecule has 0 amide bonds. The molecule has 0 aliphatic heterocycles. The van der Waals surface area contributed by atoms with Crippen LogP contribution in [0.2, 0.25) is 0 Å². The molecule has 0 bridgehead atoms. The van der Waals surface area contributed by atoms with Crippen molar-refractivity contribution < 1.29 is 24.1 Å². The number of benzene rings is 2. The molecule has 0 fully saturated rings. The molecule has 1 atom stereocenters. The van der Waals surface area contributed by atoms with E-state index < -0.39 is 12.1 Å². The van der Waals surface area contributed by atoms with Gasteiger partial charge in [0.1, 0.15) is 18.5 Å². The Morgan fingerprint density at radius 1 is 1.08 bits per heavy atom. The van der Waals surface area contributed by atoms with Crippen LogP contribution < -0.4 is 4.74 Å². The normalized spacial score (nSPS) is 12.1. The molecule has 1 unspecified atom stereocenters. The highest BCUT2D eigenvalue weighted by molar-refractivity contribution is 5.87. The van der Waals surface area contributed by atoms with E-state index in [1.807, 2.05) is 48.5 Å². The lowest BCUT2D eigenvalue weighted by Crippen LogP contribution is -2.23. The highest BCUT2D eigenvalue weighted by Gasteiger charge is 2.08. The fourth-order valence-electron chi connectivity index (χ4n) is 2.22. The molecule has 0 saturated carbocycles. The van der Waals surface area contributed by atoms with Gasteiger partial charge in [0.05, 0.1) is 19.8 Å². The minimum Gasteiger partial charge on any atom is -0.490 e. The topological polar surface area (TPSA) is 65.0 Å². The number of aliphatic hydroxyl groups excluding tert-OH is 1. The first kappa shape index (κ1) is 19.7. The number of hydrogen-bond acceptors (Lipinski definition) is 5. The average molecular weight is 356 g/mol. The summed E-state index contributed by atoms with van der Waals surface area (Å²) in [6.45, 7) is 2.80. The summed E-state index contributed by atoms with van der Waals surface area (Å²) in [5, 5.41) is 10.0. The van der Waals surface area contributed by atoms with Crippen molar-refractivity contribution in [3.05, 3.63) is 71.8 Å². The van der Waals surface area contributed by atoms with Crippen LogP contribution in [0.25, 0.3) is 6.08 Å². The largest absolute Gasteiger partial charge is 0.490 e. The molecule has 138 valence electrons. The number of esters is 1. The van der Waals surface area contributed by atoms with Gasteiger partial charge in [-0.3, -0.25) is 0 Å². The van der Waals surface area contributed by atoms with Gasteiger partial charge in [0.2, 0.25) is 0 Å². The van der Waals surface area contributed by atoms with Gasteiger partial charge >= 0.3 is 5.97 Å². The van der Waals surface area contributed by atoms with E-state index in [-0.39, 0.29) is 13.2 Å². The third-order valence-corrected chi connectivity index (χ3v) is 3.46. The smallest absolute Gasteiger partial charge is 0.330 e. The molecule has 0 radical (unpaired) electrons. The Hall–Kier alpha value is -2.63. The van der Waals surface area contributed by atoms with Crippen molar-refractivity contribution in [1.29, 1.82) is 0 Å².